The molecule has 1 atom stereocenters. The highest BCUT2D eigenvalue weighted by Crippen LogP contribution is 2.45. The average Bonchev–Trinajstić information content (AvgIpc) is 3.20. The lowest BCUT2D eigenvalue weighted by Gasteiger charge is -2.27. The number of aromatic amines is 1. The predicted molar refractivity (Wildman–Crippen MR) is 113 cm³/mol. The number of benzene rings is 2. The molecule has 1 unspecified atom stereocenters. The molecule has 0 saturated carbocycles. The van der Waals surface area contributed by atoms with Crippen molar-refractivity contribution < 1.29 is 9.53 Å². The Morgan fingerprint density at radius 3 is 2.64 bits per heavy atom. The lowest BCUT2D eigenvalue weighted by atomic mass is 9.93. The molecule has 1 N–H and O–H groups in total. The molecule has 144 valence electrons. The van der Waals surface area contributed by atoms with Crippen molar-refractivity contribution in [3.8, 4) is 17.0 Å². The lowest BCUT2D eigenvalue weighted by molar-refractivity contribution is -0.127. The first-order chi connectivity index (χ1) is 13.6. The number of H-pyrrole nitrogens is 1. The molecule has 28 heavy (non-hydrogen) atoms. The number of nitrogens with one attached hydrogen (secondary N) is 1. The van der Waals surface area contributed by atoms with Crippen LogP contribution in [0.15, 0.2) is 59.7 Å². The Balaban J connectivity index is 1.99. The first-order valence-corrected chi connectivity index (χ1v) is 9.80. The van der Waals surface area contributed by atoms with Crippen molar-refractivity contribution in [1.82, 2.24) is 9.88 Å². The summed E-state index contributed by atoms with van der Waals surface area (Å²) < 4.78 is 5.44. The molecule has 0 saturated heterocycles. The van der Waals surface area contributed by atoms with Gasteiger partial charge < -0.3 is 14.6 Å². The van der Waals surface area contributed by atoms with Gasteiger partial charge in [0.15, 0.2) is 0 Å². The van der Waals surface area contributed by atoms with Crippen LogP contribution in [0, 0.1) is 0 Å². The number of carbonyl (C=O) groups excluding carboxylic acids is 1. The minimum absolute atomic E-state index is 0.0511. The molecule has 0 bridgehead atoms. The van der Waals surface area contributed by atoms with Gasteiger partial charge in [-0.15, -0.1) is 0 Å². The molecule has 1 aliphatic rings. The van der Waals surface area contributed by atoms with Crippen LogP contribution in [0.1, 0.15) is 38.8 Å². The van der Waals surface area contributed by atoms with Gasteiger partial charge in [0.05, 0.1) is 18.8 Å². The standard InChI is InChI=1S/C24H26N2O2/c1-5-13-26-23(15(2)16(3)24(26)27)21-19-11-6-7-12-20(19)25-22(21)17-9-8-10-18(14-17)28-4/h6-12,14,23,25H,5,13H2,1-4H3. The maximum Gasteiger partial charge on any atom is 0.250 e. The van der Waals surface area contributed by atoms with E-state index in [0.717, 1.165) is 52.0 Å². The zero-order valence-electron chi connectivity index (χ0n) is 16.9. The SMILES string of the molecule is CCCN1C(=O)C(C)=C(C)C1c1c(-c2cccc(OC)c2)[nH]c2ccccc12. The number of hydrogen-bond acceptors (Lipinski definition) is 2. The number of nitrogens with zero attached hydrogens (tertiary/aromatic N) is 1. The topological polar surface area (TPSA) is 45.3 Å². The minimum Gasteiger partial charge on any atom is -0.497 e. The van der Waals surface area contributed by atoms with Gasteiger partial charge >= 0.3 is 0 Å². The maximum absolute atomic E-state index is 12.9. The summed E-state index contributed by atoms with van der Waals surface area (Å²) in [6.07, 6.45) is 0.930. The fourth-order valence-electron chi connectivity index (χ4n) is 4.24. The highest BCUT2D eigenvalue weighted by Gasteiger charge is 2.38. The second-order valence-corrected chi connectivity index (χ2v) is 7.40. The predicted octanol–water partition coefficient (Wildman–Crippen LogP) is 5.47. The van der Waals surface area contributed by atoms with Gasteiger partial charge in [-0.1, -0.05) is 37.3 Å². The summed E-state index contributed by atoms with van der Waals surface area (Å²) in [5, 5.41) is 1.16. The van der Waals surface area contributed by atoms with Crippen LogP contribution in [0.25, 0.3) is 22.2 Å². The van der Waals surface area contributed by atoms with E-state index in [1.54, 1.807) is 7.11 Å². The van der Waals surface area contributed by atoms with Crippen LogP contribution in [0.2, 0.25) is 0 Å². The summed E-state index contributed by atoms with van der Waals surface area (Å²) in [7, 11) is 1.68. The molecule has 0 radical (unpaired) electrons. The van der Waals surface area contributed by atoms with E-state index in [0.29, 0.717) is 0 Å². The Morgan fingerprint density at radius 2 is 1.89 bits per heavy atom. The van der Waals surface area contributed by atoms with E-state index >= 15 is 0 Å². The molecule has 4 heteroatoms. The molecular weight excluding hydrogens is 348 g/mol. The van der Waals surface area contributed by atoms with E-state index < -0.39 is 0 Å². The first kappa shape index (κ1) is 18.4. The molecule has 1 aromatic heterocycles. The molecule has 3 aromatic rings. The molecule has 1 amide bonds. The minimum atomic E-state index is -0.0511. The van der Waals surface area contributed by atoms with Crippen LogP contribution in [0.3, 0.4) is 0 Å². The largest absolute Gasteiger partial charge is 0.497 e. The Hall–Kier alpha value is -3.01. The van der Waals surface area contributed by atoms with E-state index in [4.69, 9.17) is 4.74 Å². The Bertz CT molecular complexity index is 1080. The van der Waals surface area contributed by atoms with Crippen LogP contribution < -0.4 is 4.74 Å². The fraction of sp³-hybridized carbons (Fsp3) is 0.292. The number of methoxy groups -OCH3 is 1. The van der Waals surface area contributed by atoms with Crippen molar-refractivity contribution >= 4 is 16.8 Å². The number of aromatic nitrogens is 1. The Morgan fingerprint density at radius 1 is 1.11 bits per heavy atom. The quantitative estimate of drug-likeness (QED) is 0.643. The van der Waals surface area contributed by atoms with Crippen molar-refractivity contribution in [2.24, 2.45) is 0 Å². The van der Waals surface area contributed by atoms with Crippen LogP contribution in [0.5, 0.6) is 5.75 Å². The van der Waals surface area contributed by atoms with Gasteiger partial charge in [-0.2, -0.15) is 0 Å². The number of rotatable bonds is 5. The molecule has 4 rings (SSSR count). The number of fused-ring (bicyclic) bond motifs is 1. The number of hydrogen-bond donors (Lipinski definition) is 1. The van der Waals surface area contributed by atoms with E-state index in [-0.39, 0.29) is 11.9 Å². The molecule has 4 nitrogen and oxygen atoms in total. The molecule has 0 aliphatic carbocycles. The van der Waals surface area contributed by atoms with Gasteiger partial charge in [-0.05, 0) is 44.0 Å². The number of amides is 1. The zero-order chi connectivity index (χ0) is 19.8. The Kier molecular flexibility index (Phi) is 4.71. The highest BCUT2D eigenvalue weighted by atomic mass is 16.5. The molecule has 0 fully saturated rings. The van der Waals surface area contributed by atoms with Crippen LogP contribution in [-0.4, -0.2) is 29.4 Å². The van der Waals surface area contributed by atoms with Crippen molar-refractivity contribution in [1.29, 1.82) is 0 Å². The summed E-state index contributed by atoms with van der Waals surface area (Å²) in [6, 6.07) is 16.4. The summed E-state index contributed by atoms with van der Waals surface area (Å²) >= 11 is 0. The third-order valence-electron chi connectivity index (χ3n) is 5.74. The van der Waals surface area contributed by atoms with Gasteiger partial charge in [-0.3, -0.25) is 4.79 Å². The maximum atomic E-state index is 12.9. The van der Waals surface area contributed by atoms with Crippen molar-refractivity contribution in [3.63, 3.8) is 0 Å². The molecule has 2 aromatic carbocycles. The normalized spacial score (nSPS) is 17.1. The smallest absolute Gasteiger partial charge is 0.250 e. The van der Waals surface area contributed by atoms with Crippen molar-refractivity contribution in [3.05, 3.63) is 65.2 Å². The third-order valence-corrected chi connectivity index (χ3v) is 5.74. The van der Waals surface area contributed by atoms with E-state index in [1.165, 1.54) is 5.56 Å². The highest BCUT2D eigenvalue weighted by molar-refractivity contribution is 6.00. The van der Waals surface area contributed by atoms with Crippen LogP contribution in [0.4, 0.5) is 0 Å². The monoisotopic (exact) mass is 374 g/mol. The number of ether oxygens (including phenoxy) is 1. The van der Waals surface area contributed by atoms with E-state index in [2.05, 4.69) is 43.1 Å². The second-order valence-electron chi connectivity index (χ2n) is 7.40. The average molecular weight is 374 g/mol. The molecular formula is C24H26N2O2. The summed E-state index contributed by atoms with van der Waals surface area (Å²) in [4.78, 5) is 18.6. The number of carbonyl (C=O) groups is 1. The van der Waals surface area contributed by atoms with Crippen molar-refractivity contribution in [2.75, 3.05) is 13.7 Å². The molecule has 2 heterocycles. The summed E-state index contributed by atoms with van der Waals surface area (Å²) in [6.45, 7) is 6.89. The van der Waals surface area contributed by atoms with Gasteiger partial charge in [-0.25, -0.2) is 0 Å². The van der Waals surface area contributed by atoms with E-state index in [1.807, 2.05) is 36.1 Å². The Labute approximate surface area is 165 Å². The fourth-order valence-corrected chi connectivity index (χ4v) is 4.24. The van der Waals surface area contributed by atoms with E-state index in [9.17, 15) is 4.79 Å². The first-order valence-electron chi connectivity index (χ1n) is 9.80. The van der Waals surface area contributed by atoms with Crippen LogP contribution >= 0.6 is 0 Å². The third kappa shape index (κ3) is 2.80. The summed E-state index contributed by atoms with van der Waals surface area (Å²) in [5.41, 5.74) is 6.35. The number of para-hydroxylation sites is 1. The van der Waals surface area contributed by atoms with Gasteiger partial charge in [0.1, 0.15) is 5.75 Å². The lowest BCUT2D eigenvalue weighted by Crippen LogP contribution is -2.31. The van der Waals surface area contributed by atoms with Gasteiger partial charge in [0.2, 0.25) is 5.91 Å². The van der Waals surface area contributed by atoms with Gasteiger partial charge in [0, 0.05) is 34.1 Å². The van der Waals surface area contributed by atoms with Crippen molar-refractivity contribution in [2.45, 2.75) is 33.2 Å². The van der Waals surface area contributed by atoms with Crippen LogP contribution in [-0.2, 0) is 4.79 Å². The van der Waals surface area contributed by atoms with Gasteiger partial charge in [0.25, 0.3) is 0 Å². The summed E-state index contributed by atoms with van der Waals surface area (Å²) in [5.74, 6) is 0.963. The molecule has 0 spiro atoms. The zero-order valence-corrected chi connectivity index (χ0v) is 16.9. The second kappa shape index (κ2) is 7.19. The molecule has 1 aliphatic heterocycles.